The van der Waals surface area contributed by atoms with E-state index in [0.29, 0.717) is 12.2 Å². The Balaban J connectivity index is 2.48. The number of hydrogen-bond donors (Lipinski definition) is 3. The van der Waals surface area contributed by atoms with E-state index in [9.17, 15) is 14.9 Å². The van der Waals surface area contributed by atoms with Gasteiger partial charge in [0, 0.05) is 18.7 Å². The Morgan fingerprint density at radius 2 is 2.11 bits per heavy atom. The second kappa shape index (κ2) is 7.32. The Labute approximate surface area is 111 Å². The highest BCUT2D eigenvalue weighted by molar-refractivity contribution is 5.81. The highest BCUT2D eigenvalue weighted by atomic mass is 16.6. The predicted molar refractivity (Wildman–Crippen MR) is 73.1 cm³/mol. The van der Waals surface area contributed by atoms with E-state index in [1.807, 2.05) is 14.0 Å². The van der Waals surface area contributed by atoms with Crippen LogP contribution >= 0.6 is 0 Å². The van der Waals surface area contributed by atoms with Crippen molar-refractivity contribution in [3.8, 4) is 0 Å². The minimum absolute atomic E-state index is 0.00128. The summed E-state index contributed by atoms with van der Waals surface area (Å²) in [6.07, 6.45) is 0. The van der Waals surface area contributed by atoms with Crippen LogP contribution in [0, 0.1) is 10.1 Å². The lowest BCUT2D eigenvalue weighted by molar-refractivity contribution is -0.383. The number of benzene rings is 1. The Morgan fingerprint density at radius 3 is 2.74 bits per heavy atom. The maximum absolute atomic E-state index is 11.5. The van der Waals surface area contributed by atoms with Crippen molar-refractivity contribution >= 4 is 17.3 Å². The predicted octanol–water partition coefficient (Wildman–Crippen LogP) is 0.731. The molecule has 0 spiro atoms. The number of nitrogens with zero attached hydrogens (tertiary/aromatic N) is 1. The number of likely N-dealkylation sites (N-methyl/N-ethyl adjacent to an activating group) is 1. The van der Waals surface area contributed by atoms with Gasteiger partial charge < -0.3 is 16.0 Å². The fraction of sp³-hybridized carbons (Fsp3) is 0.417. The van der Waals surface area contributed by atoms with Crippen molar-refractivity contribution in [2.24, 2.45) is 0 Å². The Hall–Kier alpha value is -2.15. The lowest BCUT2D eigenvalue weighted by atomic mass is 10.2. The van der Waals surface area contributed by atoms with Crippen LogP contribution in [0.4, 0.5) is 11.4 Å². The smallest absolute Gasteiger partial charge is 0.292 e. The fourth-order valence-corrected chi connectivity index (χ4v) is 1.39. The molecule has 3 N–H and O–H groups in total. The number of anilines is 1. The first kappa shape index (κ1) is 14.9. The van der Waals surface area contributed by atoms with Gasteiger partial charge in [-0.1, -0.05) is 12.1 Å². The first-order chi connectivity index (χ1) is 9.04. The van der Waals surface area contributed by atoms with Crippen molar-refractivity contribution in [1.82, 2.24) is 10.6 Å². The molecule has 0 aliphatic heterocycles. The van der Waals surface area contributed by atoms with Gasteiger partial charge in [0.05, 0.1) is 11.5 Å². The zero-order valence-corrected chi connectivity index (χ0v) is 11.0. The molecule has 0 heterocycles. The Kier molecular flexibility index (Phi) is 5.74. The third-order valence-corrected chi connectivity index (χ3v) is 2.64. The highest BCUT2D eigenvalue weighted by Gasteiger charge is 2.12. The molecule has 0 bridgehead atoms. The number of carbonyl (C=O) groups is 1. The molecule has 0 aliphatic rings. The van der Waals surface area contributed by atoms with E-state index in [-0.39, 0.29) is 24.2 Å². The molecule has 1 rings (SSSR count). The van der Waals surface area contributed by atoms with Crippen LogP contribution in [-0.2, 0) is 4.79 Å². The summed E-state index contributed by atoms with van der Waals surface area (Å²) < 4.78 is 0. The second-order valence-corrected chi connectivity index (χ2v) is 4.12. The van der Waals surface area contributed by atoms with Gasteiger partial charge in [0.15, 0.2) is 0 Å². The average Bonchev–Trinajstić information content (AvgIpc) is 2.42. The van der Waals surface area contributed by atoms with E-state index in [2.05, 4.69) is 16.0 Å². The second-order valence-electron chi connectivity index (χ2n) is 4.12. The van der Waals surface area contributed by atoms with Gasteiger partial charge in [0.2, 0.25) is 5.91 Å². The number of nitro groups is 1. The number of para-hydroxylation sites is 2. The van der Waals surface area contributed by atoms with Crippen molar-refractivity contribution in [3.63, 3.8) is 0 Å². The van der Waals surface area contributed by atoms with Crippen LogP contribution in [-0.4, -0.2) is 37.0 Å². The third-order valence-electron chi connectivity index (χ3n) is 2.64. The number of rotatable bonds is 7. The van der Waals surface area contributed by atoms with Crippen LogP contribution in [0.1, 0.15) is 6.92 Å². The number of amides is 1. The maximum atomic E-state index is 11.5. The molecule has 0 saturated heterocycles. The summed E-state index contributed by atoms with van der Waals surface area (Å²) >= 11 is 0. The van der Waals surface area contributed by atoms with Crippen LogP contribution < -0.4 is 16.0 Å². The largest absolute Gasteiger partial charge is 0.371 e. The molecular formula is C12H18N4O3. The minimum atomic E-state index is -0.483. The zero-order valence-electron chi connectivity index (χ0n) is 11.0. The number of hydrogen-bond acceptors (Lipinski definition) is 5. The van der Waals surface area contributed by atoms with Crippen molar-refractivity contribution in [1.29, 1.82) is 0 Å². The van der Waals surface area contributed by atoms with Crippen LogP contribution in [0.2, 0.25) is 0 Å². The quantitative estimate of drug-likeness (QED) is 0.499. The molecule has 104 valence electrons. The third kappa shape index (κ3) is 4.92. The van der Waals surface area contributed by atoms with Crippen LogP contribution in [0.15, 0.2) is 24.3 Å². The van der Waals surface area contributed by atoms with Gasteiger partial charge in [-0.2, -0.15) is 0 Å². The summed E-state index contributed by atoms with van der Waals surface area (Å²) in [6.45, 7) is 2.45. The fourth-order valence-electron chi connectivity index (χ4n) is 1.39. The molecule has 7 nitrogen and oxygen atoms in total. The minimum Gasteiger partial charge on any atom is -0.371 e. The summed E-state index contributed by atoms with van der Waals surface area (Å²) in [5.41, 5.74) is 0.295. The van der Waals surface area contributed by atoms with Gasteiger partial charge in [-0.3, -0.25) is 14.9 Å². The summed E-state index contributed by atoms with van der Waals surface area (Å²) in [6, 6.07) is 6.40. The van der Waals surface area contributed by atoms with Crippen LogP contribution in [0.5, 0.6) is 0 Å². The molecule has 19 heavy (non-hydrogen) atoms. The molecule has 0 fully saturated rings. The summed E-state index contributed by atoms with van der Waals surface area (Å²) in [4.78, 5) is 21.8. The normalized spacial score (nSPS) is 11.7. The van der Waals surface area contributed by atoms with Crippen LogP contribution in [0.3, 0.4) is 0 Å². The highest BCUT2D eigenvalue weighted by Crippen LogP contribution is 2.22. The van der Waals surface area contributed by atoms with Gasteiger partial charge in [-0.15, -0.1) is 0 Å². The standard InChI is InChI=1S/C12H18N4O3/c1-9(13-2)7-15-12(17)8-14-10-5-3-4-6-11(10)16(18)19/h3-6,9,13-14H,7-8H2,1-2H3,(H,15,17). The Morgan fingerprint density at radius 1 is 1.42 bits per heavy atom. The van der Waals surface area contributed by atoms with Gasteiger partial charge in [-0.05, 0) is 20.0 Å². The average molecular weight is 266 g/mol. The molecule has 1 aromatic carbocycles. The molecule has 7 heteroatoms. The van der Waals surface area contributed by atoms with Crippen molar-refractivity contribution in [3.05, 3.63) is 34.4 Å². The van der Waals surface area contributed by atoms with E-state index >= 15 is 0 Å². The van der Waals surface area contributed by atoms with Crippen molar-refractivity contribution < 1.29 is 9.72 Å². The molecule has 0 saturated carbocycles. The van der Waals surface area contributed by atoms with E-state index in [1.165, 1.54) is 6.07 Å². The molecule has 1 aromatic rings. The van der Waals surface area contributed by atoms with Gasteiger partial charge in [-0.25, -0.2) is 0 Å². The molecule has 0 aromatic heterocycles. The SMILES string of the molecule is CNC(C)CNC(=O)CNc1ccccc1[N+](=O)[O-]. The maximum Gasteiger partial charge on any atom is 0.292 e. The Bertz CT molecular complexity index is 450. The topological polar surface area (TPSA) is 96.3 Å². The molecule has 1 unspecified atom stereocenters. The first-order valence-electron chi connectivity index (χ1n) is 5.96. The summed E-state index contributed by atoms with van der Waals surface area (Å²) in [5, 5.41) is 19.3. The van der Waals surface area contributed by atoms with Crippen molar-refractivity contribution in [2.75, 3.05) is 25.5 Å². The number of carbonyl (C=O) groups excluding carboxylic acids is 1. The lowest BCUT2D eigenvalue weighted by Crippen LogP contribution is -2.39. The van der Waals surface area contributed by atoms with Crippen LogP contribution in [0.25, 0.3) is 0 Å². The first-order valence-corrected chi connectivity index (χ1v) is 5.96. The molecule has 0 aliphatic carbocycles. The van der Waals surface area contributed by atoms with Gasteiger partial charge in [0.1, 0.15) is 5.69 Å². The number of nitrogens with one attached hydrogen (secondary N) is 3. The molecule has 1 amide bonds. The molecule has 1 atom stereocenters. The van der Waals surface area contributed by atoms with Gasteiger partial charge in [0.25, 0.3) is 5.69 Å². The zero-order chi connectivity index (χ0) is 14.3. The van der Waals surface area contributed by atoms with E-state index in [0.717, 1.165) is 0 Å². The van der Waals surface area contributed by atoms with E-state index in [4.69, 9.17) is 0 Å². The molecule has 0 radical (unpaired) electrons. The van der Waals surface area contributed by atoms with E-state index in [1.54, 1.807) is 18.2 Å². The van der Waals surface area contributed by atoms with E-state index < -0.39 is 4.92 Å². The number of nitro benzene ring substituents is 1. The summed E-state index contributed by atoms with van der Waals surface area (Å²) in [5.74, 6) is -0.208. The van der Waals surface area contributed by atoms with Gasteiger partial charge >= 0.3 is 0 Å². The monoisotopic (exact) mass is 266 g/mol. The summed E-state index contributed by atoms with van der Waals surface area (Å²) in [7, 11) is 1.81. The lowest BCUT2D eigenvalue weighted by Gasteiger charge is -2.12. The van der Waals surface area contributed by atoms with Crippen molar-refractivity contribution in [2.45, 2.75) is 13.0 Å². The molecular weight excluding hydrogens is 248 g/mol.